The van der Waals surface area contributed by atoms with Crippen LogP contribution < -0.4 is 5.32 Å². The van der Waals surface area contributed by atoms with Gasteiger partial charge in [0.2, 0.25) is 0 Å². The Morgan fingerprint density at radius 3 is 2.53 bits per heavy atom. The van der Waals surface area contributed by atoms with Gasteiger partial charge in [-0.1, -0.05) is 45.0 Å². The second kappa shape index (κ2) is 8.26. The van der Waals surface area contributed by atoms with E-state index >= 15 is 0 Å². The molecule has 0 radical (unpaired) electrons. The molecular formula is C15H25NO. The molecule has 0 heterocycles. The van der Waals surface area contributed by atoms with Gasteiger partial charge in [-0.05, 0) is 30.5 Å². The summed E-state index contributed by atoms with van der Waals surface area (Å²) in [5.41, 5.74) is 2.73. The van der Waals surface area contributed by atoms with Gasteiger partial charge in [0.25, 0.3) is 0 Å². The Bertz CT molecular complexity index is 310. The van der Waals surface area contributed by atoms with Crippen LogP contribution in [0.25, 0.3) is 0 Å². The fourth-order valence-corrected chi connectivity index (χ4v) is 1.76. The normalized spacial score (nSPS) is 11.1. The highest BCUT2D eigenvalue weighted by Gasteiger charge is 2.02. The Balaban J connectivity index is 2.46. The molecule has 0 aliphatic rings. The van der Waals surface area contributed by atoms with Gasteiger partial charge in [-0.2, -0.15) is 0 Å². The summed E-state index contributed by atoms with van der Waals surface area (Å²) in [6, 6.07) is 9.11. The van der Waals surface area contributed by atoms with Crippen molar-refractivity contribution in [1.82, 2.24) is 5.32 Å². The van der Waals surface area contributed by atoms with E-state index in [0.29, 0.717) is 6.04 Å². The highest BCUT2D eigenvalue weighted by molar-refractivity contribution is 5.26. The van der Waals surface area contributed by atoms with E-state index in [0.717, 1.165) is 32.6 Å². The summed E-state index contributed by atoms with van der Waals surface area (Å²) in [7, 11) is 0. The molecule has 0 aromatic heterocycles. The summed E-state index contributed by atoms with van der Waals surface area (Å²) in [5, 5.41) is 3.45. The summed E-state index contributed by atoms with van der Waals surface area (Å²) < 4.78 is 5.62. The van der Waals surface area contributed by atoms with Gasteiger partial charge < -0.3 is 10.1 Å². The summed E-state index contributed by atoms with van der Waals surface area (Å²) in [6.45, 7) is 9.11. The van der Waals surface area contributed by atoms with Crippen LogP contribution in [0.1, 0.15) is 38.3 Å². The minimum Gasteiger partial charge on any atom is -0.377 e. The van der Waals surface area contributed by atoms with E-state index in [4.69, 9.17) is 4.74 Å². The third-order valence-corrected chi connectivity index (χ3v) is 2.67. The number of benzene rings is 1. The van der Waals surface area contributed by atoms with Crippen LogP contribution in [0.15, 0.2) is 24.3 Å². The van der Waals surface area contributed by atoms with Crippen LogP contribution in [0.5, 0.6) is 0 Å². The van der Waals surface area contributed by atoms with Crippen LogP contribution in [0.4, 0.5) is 0 Å². The molecule has 0 amide bonds. The van der Waals surface area contributed by atoms with Crippen LogP contribution in [-0.4, -0.2) is 19.2 Å². The van der Waals surface area contributed by atoms with Gasteiger partial charge in [-0.25, -0.2) is 0 Å². The van der Waals surface area contributed by atoms with Gasteiger partial charge >= 0.3 is 0 Å². The molecule has 0 atom stereocenters. The van der Waals surface area contributed by atoms with Crippen molar-refractivity contribution in [2.45, 2.75) is 46.3 Å². The molecular weight excluding hydrogens is 210 g/mol. The lowest BCUT2D eigenvalue weighted by Gasteiger charge is -2.12. The van der Waals surface area contributed by atoms with Crippen LogP contribution in [0.3, 0.4) is 0 Å². The molecule has 0 aliphatic carbocycles. The zero-order valence-corrected chi connectivity index (χ0v) is 11.3. The van der Waals surface area contributed by atoms with E-state index in [9.17, 15) is 0 Å². The van der Waals surface area contributed by atoms with Crippen molar-refractivity contribution in [3.05, 3.63) is 35.4 Å². The molecule has 2 nitrogen and oxygen atoms in total. The lowest BCUT2D eigenvalue weighted by molar-refractivity contribution is 0.121. The zero-order chi connectivity index (χ0) is 12.5. The Hall–Kier alpha value is -0.860. The molecule has 0 fully saturated rings. The Morgan fingerprint density at radius 1 is 1.18 bits per heavy atom. The zero-order valence-electron chi connectivity index (χ0n) is 11.3. The topological polar surface area (TPSA) is 21.3 Å². The quantitative estimate of drug-likeness (QED) is 0.699. The van der Waals surface area contributed by atoms with Gasteiger partial charge in [-0.3, -0.25) is 0 Å². The molecule has 1 rings (SSSR count). The maximum atomic E-state index is 5.62. The van der Waals surface area contributed by atoms with Crippen molar-refractivity contribution >= 4 is 0 Å². The van der Waals surface area contributed by atoms with Crippen LogP contribution in [0, 0.1) is 0 Å². The van der Waals surface area contributed by atoms with Gasteiger partial charge in [0, 0.05) is 12.6 Å². The second-order valence-corrected chi connectivity index (χ2v) is 4.68. The third kappa shape index (κ3) is 5.85. The molecule has 0 saturated carbocycles. The molecule has 0 unspecified atom stereocenters. The maximum absolute atomic E-state index is 5.62. The third-order valence-electron chi connectivity index (χ3n) is 2.67. The standard InChI is InChI=1S/C15H25NO/c1-4-11-17-12-15-8-6-5-7-14(15)9-10-16-13(2)3/h5-8,13,16H,4,9-12H2,1-3H3. The van der Waals surface area contributed by atoms with Crippen molar-refractivity contribution in [3.63, 3.8) is 0 Å². The van der Waals surface area contributed by atoms with E-state index in [-0.39, 0.29) is 0 Å². The van der Waals surface area contributed by atoms with Crippen molar-refractivity contribution in [2.75, 3.05) is 13.2 Å². The van der Waals surface area contributed by atoms with Gasteiger partial charge in [0.1, 0.15) is 0 Å². The SMILES string of the molecule is CCCOCc1ccccc1CCNC(C)C. The average Bonchev–Trinajstić information content (AvgIpc) is 2.31. The molecule has 1 N–H and O–H groups in total. The maximum Gasteiger partial charge on any atom is 0.0719 e. The Labute approximate surface area is 105 Å². The first-order chi connectivity index (χ1) is 8.24. The first-order valence-electron chi connectivity index (χ1n) is 6.62. The Kier molecular flexibility index (Phi) is 6.90. The van der Waals surface area contributed by atoms with E-state index in [1.165, 1.54) is 11.1 Å². The van der Waals surface area contributed by atoms with E-state index < -0.39 is 0 Å². The van der Waals surface area contributed by atoms with Gasteiger partial charge in [-0.15, -0.1) is 0 Å². The largest absolute Gasteiger partial charge is 0.377 e. The molecule has 1 aromatic rings. The molecule has 0 bridgehead atoms. The van der Waals surface area contributed by atoms with E-state index in [2.05, 4.69) is 50.4 Å². The number of rotatable bonds is 8. The van der Waals surface area contributed by atoms with E-state index in [1.807, 2.05) is 0 Å². The fourth-order valence-electron chi connectivity index (χ4n) is 1.76. The van der Waals surface area contributed by atoms with Gasteiger partial charge in [0.15, 0.2) is 0 Å². The monoisotopic (exact) mass is 235 g/mol. The van der Waals surface area contributed by atoms with Crippen molar-refractivity contribution < 1.29 is 4.74 Å². The predicted molar refractivity (Wildman–Crippen MR) is 73.2 cm³/mol. The van der Waals surface area contributed by atoms with Crippen LogP contribution in [0.2, 0.25) is 0 Å². The number of nitrogens with one attached hydrogen (secondary N) is 1. The first-order valence-corrected chi connectivity index (χ1v) is 6.62. The number of hydrogen-bond acceptors (Lipinski definition) is 2. The molecule has 96 valence electrons. The summed E-state index contributed by atoms with van der Waals surface area (Å²) in [4.78, 5) is 0. The number of ether oxygens (including phenoxy) is 1. The fraction of sp³-hybridized carbons (Fsp3) is 0.600. The molecule has 2 heteroatoms. The minimum atomic E-state index is 0.554. The van der Waals surface area contributed by atoms with E-state index in [1.54, 1.807) is 0 Å². The predicted octanol–water partition coefficient (Wildman–Crippen LogP) is 3.15. The van der Waals surface area contributed by atoms with Crippen molar-refractivity contribution in [1.29, 1.82) is 0 Å². The second-order valence-electron chi connectivity index (χ2n) is 4.68. The molecule has 1 aromatic carbocycles. The highest BCUT2D eigenvalue weighted by Crippen LogP contribution is 2.10. The van der Waals surface area contributed by atoms with Crippen LogP contribution in [-0.2, 0) is 17.8 Å². The lowest BCUT2D eigenvalue weighted by atomic mass is 10.1. The molecule has 0 spiro atoms. The van der Waals surface area contributed by atoms with Crippen LogP contribution >= 0.6 is 0 Å². The molecule has 17 heavy (non-hydrogen) atoms. The lowest BCUT2D eigenvalue weighted by Crippen LogP contribution is -2.25. The summed E-state index contributed by atoms with van der Waals surface area (Å²) in [5.74, 6) is 0. The summed E-state index contributed by atoms with van der Waals surface area (Å²) in [6.07, 6.45) is 2.15. The molecule has 0 aliphatic heterocycles. The van der Waals surface area contributed by atoms with Crippen molar-refractivity contribution in [3.8, 4) is 0 Å². The summed E-state index contributed by atoms with van der Waals surface area (Å²) >= 11 is 0. The molecule has 0 saturated heterocycles. The Morgan fingerprint density at radius 2 is 1.88 bits per heavy atom. The first kappa shape index (κ1) is 14.2. The highest BCUT2D eigenvalue weighted by atomic mass is 16.5. The van der Waals surface area contributed by atoms with Crippen molar-refractivity contribution in [2.24, 2.45) is 0 Å². The van der Waals surface area contributed by atoms with Gasteiger partial charge in [0.05, 0.1) is 6.61 Å². The smallest absolute Gasteiger partial charge is 0.0719 e. The number of hydrogen-bond donors (Lipinski definition) is 1. The minimum absolute atomic E-state index is 0.554. The average molecular weight is 235 g/mol.